The lowest BCUT2D eigenvalue weighted by molar-refractivity contribution is 0.355. The summed E-state index contributed by atoms with van der Waals surface area (Å²) in [4.78, 5) is 14.4. The van der Waals surface area contributed by atoms with E-state index in [0.29, 0.717) is 29.4 Å². The number of hydrogen-bond donors (Lipinski definition) is 2. The average molecular weight is 403 g/mol. The first-order chi connectivity index (χ1) is 13.5. The summed E-state index contributed by atoms with van der Waals surface area (Å²) in [7, 11) is 0. The van der Waals surface area contributed by atoms with Crippen LogP contribution in [-0.4, -0.2) is 47.8 Å². The van der Waals surface area contributed by atoms with Crippen LogP contribution in [0, 0.1) is 11.8 Å². The largest absolute Gasteiger partial charge is 0.359 e. The van der Waals surface area contributed by atoms with Crippen LogP contribution < -0.4 is 20.4 Å². The van der Waals surface area contributed by atoms with Crippen LogP contribution in [-0.2, 0) is 0 Å². The fourth-order valence-corrected chi connectivity index (χ4v) is 4.44. The van der Waals surface area contributed by atoms with Crippen molar-refractivity contribution in [2.75, 3.05) is 47.8 Å². The molecule has 154 valence electrons. The van der Waals surface area contributed by atoms with Gasteiger partial charge in [-0.05, 0) is 43.3 Å². The maximum absolute atomic E-state index is 5.38. The lowest BCUT2D eigenvalue weighted by Crippen LogP contribution is -2.39. The topological polar surface area (TPSA) is 56.3 Å². The summed E-state index contributed by atoms with van der Waals surface area (Å²) in [5.74, 6) is 3.93. The Bertz CT molecular complexity index is 661. The Kier molecular flexibility index (Phi) is 7.48. The van der Waals surface area contributed by atoms with E-state index in [1.807, 2.05) is 0 Å². The van der Waals surface area contributed by atoms with Crippen molar-refractivity contribution in [3.8, 4) is 0 Å². The van der Waals surface area contributed by atoms with Crippen LogP contribution in [0.15, 0.2) is 18.7 Å². The molecule has 1 aromatic rings. The molecule has 2 aliphatic heterocycles. The minimum Gasteiger partial charge on any atom is -0.359 e. The molecule has 1 aromatic heterocycles. The van der Waals surface area contributed by atoms with Gasteiger partial charge in [-0.2, -0.15) is 9.97 Å². The summed E-state index contributed by atoms with van der Waals surface area (Å²) >= 11 is 5.38. The molecule has 3 rings (SSSR count). The molecule has 2 N–H and O–H groups in total. The van der Waals surface area contributed by atoms with Crippen LogP contribution in [0.4, 0.5) is 17.6 Å². The molecule has 0 aliphatic carbocycles. The highest BCUT2D eigenvalue weighted by molar-refractivity contribution is 7.80. The molecule has 6 nitrogen and oxygen atoms in total. The molecule has 0 aromatic carbocycles. The Labute approximate surface area is 174 Å². The predicted octanol–water partition coefficient (Wildman–Crippen LogP) is 3.81. The van der Waals surface area contributed by atoms with Crippen LogP contribution in [0.3, 0.4) is 0 Å². The van der Waals surface area contributed by atoms with E-state index in [-0.39, 0.29) is 0 Å². The zero-order valence-electron chi connectivity index (χ0n) is 17.3. The molecule has 0 unspecified atom stereocenters. The van der Waals surface area contributed by atoms with E-state index >= 15 is 0 Å². The average Bonchev–Trinajstić information content (AvgIpc) is 2.95. The number of piperidine rings is 1. The lowest BCUT2D eigenvalue weighted by atomic mass is 9.92. The van der Waals surface area contributed by atoms with Gasteiger partial charge in [0.1, 0.15) is 11.6 Å². The molecule has 0 amide bonds. The van der Waals surface area contributed by atoms with Crippen molar-refractivity contribution in [3.05, 3.63) is 18.7 Å². The fourth-order valence-electron chi connectivity index (χ4n) is 4.26. The third-order valence-electron chi connectivity index (χ3n) is 5.45. The first kappa shape index (κ1) is 20.8. The molecule has 2 saturated heterocycles. The number of aromatic nitrogens is 2. The number of nitrogens with one attached hydrogen (secondary N) is 2. The van der Waals surface area contributed by atoms with Gasteiger partial charge in [-0.3, -0.25) is 0 Å². The van der Waals surface area contributed by atoms with Crippen LogP contribution >= 0.6 is 12.2 Å². The molecule has 7 heteroatoms. The van der Waals surface area contributed by atoms with Gasteiger partial charge < -0.3 is 20.4 Å². The molecule has 3 heterocycles. The van der Waals surface area contributed by atoms with E-state index in [9.17, 15) is 0 Å². The summed E-state index contributed by atoms with van der Waals surface area (Å²) in [5, 5.41) is 6.80. The molecule has 0 radical (unpaired) electrons. The quantitative estimate of drug-likeness (QED) is 0.574. The zero-order chi connectivity index (χ0) is 19.9. The van der Waals surface area contributed by atoms with E-state index in [1.165, 1.54) is 32.1 Å². The maximum atomic E-state index is 5.38. The summed E-state index contributed by atoms with van der Waals surface area (Å²) < 4.78 is 0. The molecule has 0 saturated carbocycles. The molecular weight excluding hydrogens is 368 g/mol. The van der Waals surface area contributed by atoms with Gasteiger partial charge in [0.2, 0.25) is 5.95 Å². The highest BCUT2D eigenvalue weighted by Gasteiger charge is 2.24. The van der Waals surface area contributed by atoms with E-state index in [4.69, 9.17) is 22.2 Å². The van der Waals surface area contributed by atoms with Gasteiger partial charge in [-0.15, -0.1) is 6.58 Å². The second-order valence-electron chi connectivity index (χ2n) is 8.28. The highest BCUT2D eigenvalue weighted by atomic mass is 32.1. The number of nitrogens with zero attached hydrogens (tertiary/aromatic N) is 4. The zero-order valence-corrected chi connectivity index (χ0v) is 18.1. The normalized spacial score (nSPS) is 23.1. The third kappa shape index (κ3) is 5.80. The Balaban J connectivity index is 1.86. The van der Waals surface area contributed by atoms with E-state index in [0.717, 1.165) is 37.8 Å². The highest BCUT2D eigenvalue weighted by Crippen LogP contribution is 2.29. The van der Waals surface area contributed by atoms with Gasteiger partial charge in [0.05, 0.1) is 0 Å². The lowest BCUT2D eigenvalue weighted by Gasteiger charge is -2.36. The van der Waals surface area contributed by atoms with Crippen LogP contribution in [0.2, 0.25) is 0 Å². The predicted molar refractivity (Wildman–Crippen MR) is 122 cm³/mol. The van der Waals surface area contributed by atoms with Crippen molar-refractivity contribution >= 4 is 34.9 Å². The molecule has 0 bridgehead atoms. The van der Waals surface area contributed by atoms with Gasteiger partial charge in [0.25, 0.3) is 0 Å². The number of thiocarbonyl (C=S) groups is 1. The molecule has 2 fully saturated rings. The van der Waals surface area contributed by atoms with E-state index in [2.05, 4.69) is 46.9 Å². The fraction of sp³-hybridized carbons (Fsp3) is 0.667. The van der Waals surface area contributed by atoms with Crippen molar-refractivity contribution in [1.82, 2.24) is 15.3 Å². The number of rotatable bonds is 5. The van der Waals surface area contributed by atoms with Crippen molar-refractivity contribution in [1.29, 1.82) is 0 Å². The molecular formula is C21H34N6S. The summed E-state index contributed by atoms with van der Waals surface area (Å²) in [6, 6.07) is 2.17. The van der Waals surface area contributed by atoms with Gasteiger partial charge in [0.15, 0.2) is 5.11 Å². The van der Waals surface area contributed by atoms with Crippen LogP contribution in [0.5, 0.6) is 0 Å². The molecule has 2 aliphatic rings. The first-order valence-corrected chi connectivity index (χ1v) is 11.0. The standard InChI is InChI=1S/C21H34N6S/c1-4-9-22-21(28)25-20-23-18(26-10-7-5-6-8-11-26)13-19(24-20)27-14-16(2)12-17(3)15-27/h4,13,16-17H,1,5-12,14-15H2,2-3H3,(H2,22,23,24,25,28)/t16-,17-/m1/s1. The molecule has 28 heavy (non-hydrogen) atoms. The monoisotopic (exact) mass is 402 g/mol. The van der Waals surface area contributed by atoms with Gasteiger partial charge in [0, 0.05) is 38.8 Å². The van der Waals surface area contributed by atoms with Gasteiger partial charge in [-0.25, -0.2) is 0 Å². The van der Waals surface area contributed by atoms with Crippen molar-refractivity contribution < 1.29 is 0 Å². The number of anilines is 3. The smallest absolute Gasteiger partial charge is 0.232 e. The second-order valence-corrected chi connectivity index (χ2v) is 8.69. The van der Waals surface area contributed by atoms with Gasteiger partial charge >= 0.3 is 0 Å². The molecule has 0 spiro atoms. The Morgan fingerprint density at radius 3 is 2.32 bits per heavy atom. The summed E-state index contributed by atoms with van der Waals surface area (Å²) in [6.07, 6.45) is 8.11. The van der Waals surface area contributed by atoms with Crippen molar-refractivity contribution in [3.63, 3.8) is 0 Å². The minimum atomic E-state index is 0.527. The Hall–Kier alpha value is -1.89. The Morgan fingerprint density at radius 1 is 1.11 bits per heavy atom. The first-order valence-electron chi connectivity index (χ1n) is 10.6. The Morgan fingerprint density at radius 2 is 1.71 bits per heavy atom. The summed E-state index contributed by atoms with van der Waals surface area (Å²) in [6.45, 7) is 13.2. The van der Waals surface area contributed by atoms with E-state index < -0.39 is 0 Å². The van der Waals surface area contributed by atoms with Crippen LogP contribution in [0.1, 0.15) is 46.0 Å². The van der Waals surface area contributed by atoms with Crippen molar-refractivity contribution in [2.45, 2.75) is 46.0 Å². The van der Waals surface area contributed by atoms with E-state index in [1.54, 1.807) is 6.08 Å². The maximum Gasteiger partial charge on any atom is 0.232 e. The molecule has 2 atom stereocenters. The third-order valence-corrected chi connectivity index (χ3v) is 5.70. The number of hydrogen-bond acceptors (Lipinski definition) is 5. The van der Waals surface area contributed by atoms with Crippen LogP contribution in [0.25, 0.3) is 0 Å². The second kappa shape index (κ2) is 10.0. The minimum absolute atomic E-state index is 0.527. The summed E-state index contributed by atoms with van der Waals surface area (Å²) in [5.41, 5.74) is 0. The van der Waals surface area contributed by atoms with Crippen molar-refractivity contribution in [2.24, 2.45) is 11.8 Å². The SMILES string of the molecule is C=CCNC(=S)Nc1nc(N2CCCCCC2)cc(N2C[C@H](C)C[C@@H](C)C2)n1. The van der Waals surface area contributed by atoms with Gasteiger partial charge in [-0.1, -0.05) is 32.8 Å².